The minimum absolute atomic E-state index is 0.0380. The molecule has 2 rings (SSSR count). The molecule has 1 atom stereocenters. The Morgan fingerprint density at radius 2 is 2.05 bits per heavy atom. The molecule has 4 heteroatoms. The summed E-state index contributed by atoms with van der Waals surface area (Å²) in [7, 11) is 1.52. The highest BCUT2D eigenvalue weighted by Gasteiger charge is 2.38. The number of aromatic carboxylic acids is 1. The summed E-state index contributed by atoms with van der Waals surface area (Å²) in [6.07, 6.45) is 1.00. The summed E-state index contributed by atoms with van der Waals surface area (Å²) in [5.74, 6) is -0.186. The van der Waals surface area contributed by atoms with Gasteiger partial charge in [-0.05, 0) is 51.7 Å². The Bertz CT molecular complexity index is 563. The van der Waals surface area contributed by atoms with Crippen LogP contribution in [0.15, 0.2) is 12.1 Å². The third-order valence-corrected chi connectivity index (χ3v) is 4.34. The predicted octanol–water partition coefficient (Wildman–Crippen LogP) is 3.89. The van der Waals surface area contributed by atoms with Crippen molar-refractivity contribution < 1.29 is 14.6 Å². The number of methoxy groups -OCH3 is 1. The number of carboxylic acid groups (broad SMARTS) is 1. The van der Waals surface area contributed by atoms with Gasteiger partial charge in [-0.3, -0.25) is 0 Å². The molecule has 0 bridgehead atoms. The number of rotatable bonds is 3. The number of carboxylic acids is 1. The highest BCUT2D eigenvalue weighted by atomic mass is 16.5. The Morgan fingerprint density at radius 1 is 1.43 bits per heavy atom. The van der Waals surface area contributed by atoms with Gasteiger partial charge in [0.25, 0.3) is 0 Å². The van der Waals surface area contributed by atoms with E-state index in [0.29, 0.717) is 17.7 Å². The van der Waals surface area contributed by atoms with Crippen LogP contribution in [0.4, 0.5) is 5.69 Å². The zero-order chi connectivity index (χ0) is 15.9. The van der Waals surface area contributed by atoms with E-state index in [1.54, 1.807) is 6.07 Å². The number of ether oxygens (including phenoxy) is 1. The van der Waals surface area contributed by atoms with Crippen LogP contribution < -0.4 is 9.64 Å². The largest absolute Gasteiger partial charge is 0.496 e. The van der Waals surface area contributed by atoms with E-state index >= 15 is 0 Å². The summed E-state index contributed by atoms with van der Waals surface area (Å²) in [5, 5.41) is 9.37. The second-order valence-electron chi connectivity index (χ2n) is 6.80. The number of anilines is 1. The molecular formula is C17H25NO3. The molecule has 0 saturated heterocycles. The van der Waals surface area contributed by atoms with E-state index in [0.717, 1.165) is 17.7 Å². The Hall–Kier alpha value is -1.71. The first-order valence-electron chi connectivity index (χ1n) is 7.43. The SMILES string of the molecule is COc1cc2c(cc1C(=O)O)[C@H](C)CC(C)(C)N2C(C)C. The minimum Gasteiger partial charge on any atom is -0.496 e. The van der Waals surface area contributed by atoms with Crippen LogP contribution in [0.25, 0.3) is 0 Å². The number of hydrogen-bond donors (Lipinski definition) is 1. The molecule has 0 aromatic heterocycles. The first-order chi connectivity index (χ1) is 9.69. The molecule has 0 aliphatic carbocycles. The molecule has 116 valence electrons. The van der Waals surface area contributed by atoms with Crippen molar-refractivity contribution in [3.63, 3.8) is 0 Å². The highest BCUT2D eigenvalue weighted by molar-refractivity contribution is 5.92. The van der Waals surface area contributed by atoms with Gasteiger partial charge in [0, 0.05) is 23.3 Å². The summed E-state index contributed by atoms with van der Waals surface area (Å²) >= 11 is 0. The molecule has 1 aromatic carbocycles. The molecule has 0 radical (unpaired) electrons. The lowest BCUT2D eigenvalue weighted by Crippen LogP contribution is -2.51. The average Bonchev–Trinajstić information content (AvgIpc) is 2.35. The molecule has 0 fully saturated rings. The van der Waals surface area contributed by atoms with E-state index < -0.39 is 5.97 Å². The fourth-order valence-electron chi connectivity index (χ4n) is 3.79. The summed E-state index contributed by atoms with van der Waals surface area (Å²) in [6.45, 7) is 11.0. The fraction of sp³-hybridized carbons (Fsp3) is 0.588. The maximum atomic E-state index is 11.4. The summed E-state index contributed by atoms with van der Waals surface area (Å²) < 4.78 is 5.30. The Morgan fingerprint density at radius 3 is 2.52 bits per heavy atom. The normalized spacial score (nSPS) is 20.3. The number of benzene rings is 1. The van der Waals surface area contributed by atoms with Crippen LogP contribution in [0, 0.1) is 0 Å². The van der Waals surface area contributed by atoms with Gasteiger partial charge < -0.3 is 14.7 Å². The molecule has 1 aliphatic rings. The van der Waals surface area contributed by atoms with Gasteiger partial charge >= 0.3 is 5.97 Å². The van der Waals surface area contributed by atoms with Gasteiger partial charge in [-0.15, -0.1) is 0 Å². The molecule has 4 nitrogen and oxygen atoms in total. The van der Waals surface area contributed by atoms with Crippen molar-refractivity contribution in [1.29, 1.82) is 0 Å². The molecular weight excluding hydrogens is 266 g/mol. The molecule has 1 N–H and O–H groups in total. The van der Waals surface area contributed by atoms with Crippen molar-refractivity contribution in [1.82, 2.24) is 0 Å². The molecule has 0 unspecified atom stereocenters. The second-order valence-corrected chi connectivity index (χ2v) is 6.80. The van der Waals surface area contributed by atoms with Gasteiger partial charge in [0.2, 0.25) is 0 Å². The van der Waals surface area contributed by atoms with Crippen LogP contribution >= 0.6 is 0 Å². The quantitative estimate of drug-likeness (QED) is 0.917. The van der Waals surface area contributed by atoms with E-state index in [1.807, 2.05) is 6.07 Å². The van der Waals surface area contributed by atoms with E-state index in [4.69, 9.17) is 4.74 Å². The summed E-state index contributed by atoms with van der Waals surface area (Å²) in [6, 6.07) is 4.01. The van der Waals surface area contributed by atoms with Crippen molar-refractivity contribution in [3.05, 3.63) is 23.3 Å². The molecule has 1 aliphatic heterocycles. The summed E-state index contributed by atoms with van der Waals surface area (Å²) in [5.41, 5.74) is 2.47. The van der Waals surface area contributed by atoms with Crippen molar-refractivity contribution in [3.8, 4) is 5.75 Å². The Kier molecular flexibility index (Phi) is 3.91. The van der Waals surface area contributed by atoms with Crippen LogP contribution in [-0.2, 0) is 0 Å². The maximum Gasteiger partial charge on any atom is 0.339 e. The van der Waals surface area contributed by atoms with E-state index in [2.05, 4.69) is 39.5 Å². The van der Waals surface area contributed by atoms with Gasteiger partial charge in [-0.2, -0.15) is 0 Å². The number of nitrogens with zero attached hydrogens (tertiary/aromatic N) is 1. The lowest BCUT2D eigenvalue weighted by atomic mass is 9.78. The van der Waals surface area contributed by atoms with Crippen molar-refractivity contribution in [2.45, 2.75) is 58.5 Å². The van der Waals surface area contributed by atoms with Crippen LogP contribution in [-0.4, -0.2) is 29.8 Å². The molecule has 1 heterocycles. The Labute approximate surface area is 126 Å². The van der Waals surface area contributed by atoms with E-state index in [1.165, 1.54) is 7.11 Å². The average molecular weight is 291 g/mol. The van der Waals surface area contributed by atoms with E-state index in [-0.39, 0.29) is 11.1 Å². The highest BCUT2D eigenvalue weighted by Crippen LogP contribution is 2.46. The summed E-state index contributed by atoms with van der Waals surface area (Å²) in [4.78, 5) is 13.8. The number of fused-ring (bicyclic) bond motifs is 1. The van der Waals surface area contributed by atoms with Gasteiger partial charge in [0.05, 0.1) is 7.11 Å². The van der Waals surface area contributed by atoms with Crippen molar-refractivity contribution >= 4 is 11.7 Å². The van der Waals surface area contributed by atoms with Gasteiger partial charge in [0.1, 0.15) is 11.3 Å². The molecule has 0 spiro atoms. The van der Waals surface area contributed by atoms with Crippen LogP contribution in [0.1, 0.15) is 62.9 Å². The fourth-order valence-corrected chi connectivity index (χ4v) is 3.79. The van der Waals surface area contributed by atoms with Crippen LogP contribution in [0.2, 0.25) is 0 Å². The first-order valence-corrected chi connectivity index (χ1v) is 7.43. The molecule has 21 heavy (non-hydrogen) atoms. The third-order valence-electron chi connectivity index (χ3n) is 4.34. The molecule has 0 saturated carbocycles. The zero-order valence-corrected chi connectivity index (χ0v) is 13.7. The number of carbonyl (C=O) groups is 1. The monoisotopic (exact) mass is 291 g/mol. The lowest BCUT2D eigenvalue weighted by Gasteiger charge is -2.50. The topological polar surface area (TPSA) is 49.8 Å². The Balaban J connectivity index is 2.69. The van der Waals surface area contributed by atoms with Gasteiger partial charge in [0.15, 0.2) is 0 Å². The first kappa shape index (κ1) is 15.7. The minimum atomic E-state index is -0.942. The van der Waals surface area contributed by atoms with Crippen molar-refractivity contribution in [2.75, 3.05) is 12.0 Å². The number of hydrogen-bond acceptors (Lipinski definition) is 3. The van der Waals surface area contributed by atoms with Crippen LogP contribution in [0.5, 0.6) is 5.75 Å². The second kappa shape index (κ2) is 5.24. The molecule has 1 aromatic rings. The smallest absolute Gasteiger partial charge is 0.339 e. The lowest BCUT2D eigenvalue weighted by molar-refractivity contribution is 0.0693. The van der Waals surface area contributed by atoms with Crippen LogP contribution in [0.3, 0.4) is 0 Å². The van der Waals surface area contributed by atoms with E-state index in [9.17, 15) is 9.90 Å². The molecule has 0 amide bonds. The zero-order valence-electron chi connectivity index (χ0n) is 13.7. The van der Waals surface area contributed by atoms with Gasteiger partial charge in [-0.25, -0.2) is 4.79 Å². The third kappa shape index (κ3) is 2.59. The van der Waals surface area contributed by atoms with Crippen molar-refractivity contribution in [2.24, 2.45) is 0 Å². The predicted molar refractivity (Wildman–Crippen MR) is 84.7 cm³/mol. The maximum absolute atomic E-state index is 11.4. The standard InChI is InChI=1S/C17H25NO3/c1-10(2)18-14-8-15(21-6)13(16(19)20)7-12(14)11(3)9-17(18,4)5/h7-8,10-11H,9H2,1-6H3,(H,19,20)/t11-/m1/s1. The van der Waals surface area contributed by atoms with Gasteiger partial charge in [-0.1, -0.05) is 6.92 Å².